The number of aryl methyl sites for hydroxylation is 1. The molecule has 0 radical (unpaired) electrons. The molecule has 0 aliphatic rings. The second-order valence-corrected chi connectivity index (χ2v) is 5.16. The van der Waals surface area contributed by atoms with Crippen molar-refractivity contribution in [2.24, 2.45) is 0 Å². The molecule has 0 fully saturated rings. The summed E-state index contributed by atoms with van der Waals surface area (Å²) in [6.07, 6.45) is 0.0400. The molecule has 0 aromatic heterocycles. The van der Waals surface area contributed by atoms with Gasteiger partial charge in [0.1, 0.15) is 6.04 Å². The number of benzene rings is 2. The molecular weight excluding hydrogens is 304 g/mol. The molecule has 0 aliphatic carbocycles. The third-order valence-electron chi connectivity index (χ3n) is 3.36. The Morgan fingerprint density at radius 2 is 1.78 bits per heavy atom. The number of hydrogen-bond acceptors (Lipinski definition) is 2. The largest absolute Gasteiger partial charge is 0.480 e. The van der Waals surface area contributed by atoms with Crippen LogP contribution in [0, 0.1) is 18.6 Å². The summed E-state index contributed by atoms with van der Waals surface area (Å²) >= 11 is 0. The molecule has 2 rings (SSSR count). The molecule has 2 aromatic carbocycles. The lowest BCUT2D eigenvalue weighted by molar-refractivity contribution is -0.139. The van der Waals surface area contributed by atoms with E-state index in [9.17, 15) is 23.5 Å². The van der Waals surface area contributed by atoms with Gasteiger partial charge in [-0.3, -0.25) is 4.79 Å². The molecule has 0 bridgehead atoms. The van der Waals surface area contributed by atoms with E-state index < -0.39 is 35.1 Å². The molecule has 6 heteroatoms. The minimum atomic E-state index is -1.30. The summed E-state index contributed by atoms with van der Waals surface area (Å²) in [6.45, 7) is 1.90. The van der Waals surface area contributed by atoms with Crippen molar-refractivity contribution in [1.29, 1.82) is 0 Å². The summed E-state index contributed by atoms with van der Waals surface area (Å²) < 4.78 is 26.7. The fourth-order valence-electron chi connectivity index (χ4n) is 2.08. The van der Waals surface area contributed by atoms with E-state index in [-0.39, 0.29) is 6.42 Å². The molecule has 1 atom stereocenters. The zero-order valence-corrected chi connectivity index (χ0v) is 12.3. The zero-order valence-electron chi connectivity index (χ0n) is 12.3. The first kappa shape index (κ1) is 16.6. The number of nitrogens with one attached hydrogen (secondary N) is 1. The summed E-state index contributed by atoms with van der Waals surface area (Å²) in [5, 5.41) is 11.4. The van der Waals surface area contributed by atoms with Crippen LogP contribution in [0.5, 0.6) is 0 Å². The van der Waals surface area contributed by atoms with Crippen LogP contribution in [0.25, 0.3) is 0 Å². The van der Waals surface area contributed by atoms with Crippen molar-refractivity contribution < 1.29 is 23.5 Å². The molecule has 1 amide bonds. The number of amides is 1. The predicted molar refractivity (Wildman–Crippen MR) is 80.1 cm³/mol. The van der Waals surface area contributed by atoms with Crippen molar-refractivity contribution in [3.05, 3.63) is 70.8 Å². The van der Waals surface area contributed by atoms with E-state index in [1.54, 1.807) is 12.1 Å². The Balaban J connectivity index is 2.16. The Bertz CT molecular complexity index is 729. The van der Waals surface area contributed by atoms with Crippen LogP contribution >= 0.6 is 0 Å². The van der Waals surface area contributed by atoms with Crippen molar-refractivity contribution in [3.63, 3.8) is 0 Å². The minimum absolute atomic E-state index is 0.0400. The number of rotatable bonds is 5. The highest BCUT2D eigenvalue weighted by atomic mass is 19.2. The maximum Gasteiger partial charge on any atom is 0.326 e. The Kier molecular flexibility index (Phi) is 5.05. The van der Waals surface area contributed by atoms with Crippen LogP contribution in [-0.2, 0) is 11.2 Å². The summed E-state index contributed by atoms with van der Waals surface area (Å²) in [5.74, 6) is -4.69. The van der Waals surface area contributed by atoms with Gasteiger partial charge in [-0.2, -0.15) is 0 Å². The van der Waals surface area contributed by atoms with Crippen LogP contribution in [0.1, 0.15) is 21.5 Å². The first-order chi connectivity index (χ1) is 10.9. The van der Waals surface area contributed by atoms with Crippen molar-refractivity contribution in [2.45, 2.75) is 19.4 Å². The van der Waals surface area contributed by atoms with E-state index in [4.69, 9.17) is 0 Å². The van der Waals surface area contributed by atoms with Gasteiger partial charge in [0.25, 0.3) is 5.91 Å². The Hall–Kier alpha value is -2.76. The van der Waals surface area contributed by atoms with Crippen LogP contribution in [0.15, 0.2) is 42.5 Å². The average Bonchev–Trinajstić information content (AvgIpc) is 2.51. The van der Waals surface area contributed by atoms with E-state index in [0.717, 1.165) is 17.7 Å². The molecule has 2 aromatic rings. The highest BCUT2D eigenvalue weighted by Crippen LogP contribution is 2.12. The number of aliphatic carboxylic acids is 1. The van der Waals surface area contributed by atoms with Gasteiger partial charge in [0.2, 0.25) is 0 Å². The lowest BCUT2D eigenvalue weighted by Gasteiger charge is -2.15. The Labute approximate surface area is 131 Å². The second-order valence-electron chi connectivity index (χ2n) is 5.16. The highest BCUT2D eigenvalue weighted by molar-refractivity contribution is 5.96. The Morgan fingerprint density at radius 1 is 1.13 bits per heavy atom. The molecule has 120 valence electrons. The monoisotopic (exact) mass is 319 g/mol. The van der Waals surface area contributed by atoms with Gasteiger partial charge in [-0.1, -0.05) is 35.9 Å². The van der Waals surface area contributed by atoms with Gasteiger partial charge in [0, 0.05) is 6.42 Å². The van der Waals surface area contributed by atoms with Crippen LogP contribution in [0.2, 0.25) is 0 Å². The van der Waals surface area contributed by atoms with E-state index >= 15 is 0 Å². The van der Waals surface area contributed by atoms with Gasteiger partial charge in [0.15, 0.2) is 11.6 Å². The molecule has 0 spiro atoms. The number of carboxylic acids is 1. The molecule has 0 saturated heterocycles. The number of carboxylic acid groups (broad SMARTS) is 1. The molecule has 23 heavy (non-hydrogen) atoms. The molecule has 0 heterocycles. The molecule has 2 N–H and O–H groups in total. The van der Waals surface area contributed by atoms with E-state index in [1.165, 1.54) is 6.07 Å². The van der Waals surface area contributed by atoms with Crippen molar-refractivity contribution in [2.75, 3.05) is 0 Å². The smallest absolute Gasteiger partial charge is 0.326 e. The van der Waals surface area contributed by atoms with Crippen LogP contribution < -0.4 is 5.32 Å². The number of carbonyl (C=O) groups is 2. The third-order valence-corrected chi connectivity index (χ3v) is 3.36. The summed E-state index contributed by atoms with van der Waals surface area (Å²) in [4.78, 5) is 23.3. The first-order valence-electron chi connectivity index (χ1n) is 6.91. The number of hydrogen-bond donors (Lipinski definition) is 2. The predicted octanol–water partition coefficient (Wildman–Crippen LogP) is 2.70. The first-order valence-corrected chi connectivity index (χ1v) is 6.91. The van der Waals surface area contributed by atoms with Gasteiger partial charge in [-0.25, -0.2) is 13.6 Å². The lowest BCUT2D eigenvalue weighted by atomic mass is 10.0. The molecule has 0 aliphatic heterocycles. The zero-order chi connectivity index (χ0) is 17.0. The van der Waals surface area contributed by atoms with Crippen LogP contribution in [-0.4, -0.2) is 23.0 Å². The average molecular weight is 319 g/mol. The van der Waals surface area contributed by atoms with Gasteiger partial charge in [0.05, 0.1) is 5.56 Å². The SMILES string of the molecule is Cc1ccc(C[C@H](NC(=O)c2cccc(F)c2F)C(=O)O)cc1. The number of carbonyl (C=O) groups excluding carboxylic acids is 1. The normalized spacial score (nSPS) is 11.8. The van der Waals surface area contributed by atoms with Gasteiger partial charge < -0.3 is 10.4 Å². The van der Waals surface area contributed by atoms with E-state index in [1.807, 2.05) is 19.1 Å². The highest BCUT2D eigenvalue weighted by Gasteiger charge is 2.23. The summed E-state index contributed by atoms with van der Waals surface area (Å²) in [5.41, 5.74) is 1.20. The van der Waals surface area contributed by atoms with Crippen molar-refractivity contribution in [3.8, 4) is 0 Å². The third kappa shape index (κ3) is 4.12. The molecular formula is C17H15F2NO3. The topological polar surface area (TPSA) is 66.4 Å². The van der Waals surface area contributed by atoms with Gasteiger partial charge >= 0.3 is 5.97 Å². The van der Waals surface area contributed by atoms with Crippen LogP contribution in [0.3, 0.4) is 0 Å². The minimum Gasteiger partial charge on any atom is -0.480 e. The maximum atomic E-state index is 13.6. The Morgan fingerprint density at radius 3 is 2.39 bits per heavy atom. The van der Waals surface area contributed by atoms with Gasteiger partial charge in [-0.15, -0.1) is 0 Å². The van der Waals surface area contributed by atoms with Crippen molar-refractivity contribution >= 4 is 11.9 Å². The lowest BCUT2D eigenvalue weighted by Crippen LogP contribution is -2.42. The van der Waals surface area contributed by atoms with Crippen molar-refractivity contribution in [1.82, 2.24) is 5.32 Å². The second kappa shape index (κ2) is 7.00. The quantitative estimate of drug-likeness (QED) is 0.890. The summed E-state index contributed by atoms with van der Waals surface area (Å²) in [6, 6.07) is 9.06. The summed E-state index contributed by atoms with van der Waals surface area (Å²) in [7, 11) is 0. The van der Waals surface area contributed by atoms with E-state index in [2.05, 4.69) is 5.32 Å². The van der Waals surface area contributed by atoms with Crippen LogP contribution in [0.4, 0.5) is 8.78 Å². The molecule has 0 unspecified atom stereocenters. The molecule has 4 nitrogen and oxygen atoms in total. The van der Waals surface area contributed by atoms with E-state index in [0.29, 0.717) is 5.56 Å². The van der Waals surface area contributed by atoms with Gasteiger partial charge in [-0.05, 0) is 24.6 Å². The fraction of sp³-hybridized carbons (Fsp3) is 0.176. The molecule has 0 saturated carbocycles. The standard InChI is InChI=1S/C17H15F2NO3/c1-10-5-7-11(8-6-10)9-14(17(22)23)20-16(21)12-3-2-4-13(18)15(12)19/h2-8,14H,9H2,1H3,(H,20,21)(H,22,23)/t14-/m0/s1. The number of halogens is 2. The maximum absolute atomic E-state index is 13.6. The fourth-order valence-corrected chi connectivity index (χ4v) is 2.08.